The van der Waals surface area contributed by atoms with Gasteiger partial charge in [-0.25, -0.2) is 12.8 Å². The van der Waals surface area contributed by atoms with E-state index in [2.05, 4.69) is 14.9 Å². The quantitative estimate of drug-likeness (QED) is 0.776. The largest absolute Gasteiger partial charge is 0.277 e. The summed E-state index contributed by atoms with van der Waals surface area (Å²) in [6.45, 7) is 0. The summed E-state index contributed by atoms with van der Waals surface area (Å²) in [5, 5.41) is 7.10. The first-order valence-electron chi connectivity index (χ1n) is 5.87. The van der Waals surface area contributed by atoms with Crippen molar-refractivity contribution in [1.82, 2.24) is 10.2 Å². The molecule has 0 aliphatic carbocycles. The first kappa shape index (κ1) is 13.8. The van der Waals surface area contributed by atoms with E-state index in [0.29, 0.717) is 11.2 Å². The molecule has 0 radical (unpaired) electrons. The second kappa shape index (κ2) is 5.01. The fraction of sp³-hybridized carbons (Fsp3) is 0. The number of H-pyrrole nitrogens is 1. The second-order valence-corrected chi connectivity index (χ2v) is 6.41. The van der Waals surface area contributed by atoms with Crippen LogP contribution in [0, 0.1) is 5.82 Å². The molecule has 3 aromatic rings. The number of rotatable bonds is 3. The minimum absolute atomic E-state index is 0.120. The number of nitrogens with one attached hydrogen (secondary N) is 2. The number of hydrogen-bond acceptors (Lipinski definition) is 3. The Morgan fingerprint density at radius 1 is 1.24 bits per heavy atom. The Balaban J connectivity index is 2.03. The number of nitrogens with zero attached hydrogens (tertiary/aromatic N) is 1. The van der Waals surface area contributed by atoms with Crippen LogP contribution in [0.15, 0.2) is 47.5 Å². The highest BCUT2D eigenvalue weighted by atomic mass is 35.5. The van der Waals surface area contributed by atoms with E-state index in [9.17, 15) is 12.8 Å². The molecule has 0 atom stereocenters. The van der Waals surface area contributed by atoms with Crippen molar-refractivity contribution >= 4 is 38.2 Å². The van der Waals surface area contributed by atoms with Gasteiger partial charge in [-0.1, -0.05) is 23.7 Å². The molecular formula is C13H9ClFN3O2S. The summed E-state index contributed by atoms with van der Waals surface area (Å²) in [6, 6.07) is 8.32. The standard InChI is InChI=1S/C13H9ClFN3O2S/c14-10-6-9(4-5-11(10)15)21(19,20)18-12-3-1-2-8-7-16-17-13(8)12/h1-7,18H,(H,16,17). The highest BCUT2D eigenvalue weighted by Crippen LogP contribution is 2.25. The average Bonchev–Trinajstić information content (AvgIpc) is 2.91. The van der Waals surface area contributed by atoms with E-state index in [1.807, 2.05) is 0 Å². The topological polar surface area (TPSA) is 74.8 Å². The summed E-state index contributed by atoms with van der Waals surface area (Å²) < 4.78 is 40.2. The van der Waals surface area contributed by atoms with Gasteiger partial charge in [0.1, 0.15) is 5.82 Å². The Hall–Kier alpha value is -2.12. The molecule has 0 unspecified atom stereocenters. The maximum Gasteiger partial charge on any atom is 0.262 e. The molecule has 0 saturated carbocycles. The van der Waals surface area contributed by atoms with Crippen LogP contribution in [0.4, 0.5) is 10.1 Å². The molecule has 1 aromatic heterocycles. The fourth-order valence-corrected chi connectivity index (χ4v) is 3.24. The first-order valence-corrected chi connectivity index (χ1v) is 7.73. The lowest BCUT2D eigenvalue weighted by Gasteiger charge is -2.09. The van der Waals surface area contributed by atoms with E-state index < -0.39 is 15.8 Å². The first-order chi connectivity index (χ1) is 9.97. The highest BCUT2D eigenvalue weighted by Gasteiger charge is 2.17. The zero-order valence-electron chi connectivity index (χ0n) is 10.5. The maximum absolute atomic E-state index is 13.1. The Labute approximate surface area is 124 Å². The van der Waals surface area contributed by atoms with E-state index >= 15 is 0 Å². The van der Waals surface area contributed by atoms with Crippen LogP contribution >= 0.6 is 11.6 Å². The molecule has 21 heavy (non-hydrogen) atoms. The van der Waals surface area contributed by atoms with Crippen LogP contribution in [-0.4, -0.2) is 18.6 Å². The van der Waals surface area contributed by atoms with Gasteiger partial charge in [-0.3, -0.25) is 9.82 Å². The fourth-order valence-electron chi connectivity index (χ4n) is 1.90. The van der Waals surface area contributed by atoms with Crippen molar-refractivity contribution in [2.75, 3.05) is 4.72 Å². The van der Waals surface area contributed by atoms with E-state index in [-0.39, 0.29) is 9.92 Å². The predicted octanol–water partition coefficient (Wildman–Crippen LogP) is 3.16. The molecule has 0 spiro atoms. The number of fused-ring (bicyclic) bond motifs is 1. The minimum Gasteiger partial charge on any atom is -0.277 e. The van der Waals surface area contributed by atoms with Crippen molar-refractivity contribution in [1.29, 1.82) is 0 Å². The Kier molecular flexibility index (Phi) is 3.30. The number of anilines is 1. The highest BCUT2D eigenvalue weighted by molar-refractivity contribution is 7.92. The van der Waals surface area contributed by atoms with Crippen LogP contribution in [0.2, 0.25) is 5.02 Å². The van der Waals surface area contributed by atoms with Crippen LogP contribution in [0.25, 0.3) is 10.9 Å². The summed E-state index contributed by atoms with van der Waals surface area (Å²) in [4.78, 5) is -0.120. The zero-order valence-corrected chi connectivity index (χ0v) is 12.0. The van der Waals surface area contributed by atoms with Gasteiger partial charge in [0.25, 0.3) is 10.0 Å². The average molecular weight is 326 g/mol. The molecule has 0 aliphatic heterocycles. The zero-order chi connectivity index (χ0) is 15.0. The number of hydrogen-bond donors (Lipinski definition) is 2. The molecule has 8 heteroatoms. The number of para-hydroxylation sites is 1. The second-order valence-electron chi connectivity index (χ2n) is 4.32. The molecule has 5 nitrogen and oxygen atoms in total. The lowest BCUT2D eigenvalue weighted by molar-refractivity contribution is 0.599. The van der Waals surface area contributed by atoms with Gasteiger partial charge >= 0.3 is 0 Å². The van der Waals surface area contributed by atoms with Gasteiger partial charge in [-0.05, 0) is 24.3 Å². The van der Waals surface area contributed by atoms with E-state index in [1.54, 1.807) is 24.4 Å². The number of sulfonamides is 1. The Bertz CT molecular complexity index is 924. The third-order valence-electron chi connectivity index (χ3n) is 2.92. The molecule has 2 aromatic carbocycles. The van der Waals surface area contributed by atoms with Gasteiger partial charge in [-0.2, -0.15) is 5.10 Å². The molecular weight excluding hydrogens is 317 g/mol. The van der Waals surface area contributed by atoms with Crippen molar-refractivity contribution < 1.29 is 12.8 Å². The van der Waals surface area contributed by atoms with Crippen LogP contribution in [0.1, 0.15) is 0 Å². The summed E-state index contributed by atoms with van der Waals surface area (Å²) in [5.74, 6) is -0.675. The molecule has 0 aliphatic rings. The van der Waals surface area contributed by atoms with Crippen LogP contribution < -0.4 is 4.72 Å². The van der Waals surface area contributed by atoms with E-state index in [4.69, 9.17) is 11.6 Å². The summed E-state index contributed by atoms with van der Waals surface area (Å²) in [5.41, 5.74) is 0.916. The molecule has 108 valence electrons. The number of aromatic nitrogens is 2. The lowest BCUT2D eigenvalue weighted by Crippen LogP contribution is -2.13. The molecule has 0 fully saturated rings. The molecule has 0 amide bonds. The molecule has 3 rings (SSSR count). The summed E-state index contributed by atoms with van der Waals surface area (Å²) in [6.07, 6.45) is 1.59. The number of benzene rings is 2. The number of aromatic amines is 1. The van der Waals surface area contributed by atoms with Crippen molar-refractivity contribution in [3.63, 3.8) is 0 Å². The normalized spacial score (nSPS) is 11.7. The molecule has 2 N–H and O–H groups in total. The summed E-state index contributed by atoms with van der Waals surface area (Å²) in [7, 11) is -3.87. The van der Waals surface area contributed by atoms with Gasteiger partial charge in [0.2, 0.25) is 0 Å². The van der Waals surface area contributed by atoms with Crippen LogP contribution in [0.3, 0.4) is 0 Å². The van der Waals surface area contributed by atoms with Gasteiger partial charge in [0.05, 0.1) is 27.3 Å². The predicted molar refractivity (Wildman–Crippen MR) is 78.3 cm³/mol. The van der Waals surface area contributed by atoms with Gasteiger partial charge in [-0.15, -0.1) is 0 Å². The molecule has 0 saturated heterocycles. The van der Waals surface area contributed by atoms with Crippen LogP contribution in [0.5, 0.6) is 0 Å². The van der Waals surface area contributed by atoms with Crippen LogP contribution in [-0.2, 0) is 10.0 Å². The SMILES string of the molecule is O=S(=O)(Nc1cccc2cn[nH]c12)c1ccc(F)c(Cl)c1. The third-order valence-corrected chi connectivity index (χ3v) is 4.58. The van der Waals surface area contributed by atoms with E-state index in [0.717, 1.165) is 23.6 Å². The van der Waals surface area contributed by atoms with Gasteiger partial charge in [0.15, 0.2) is 0 Å². The lowest BCUT2D eigenvalue weighted by atomic mass is 10.2. The molecule has 0 bridgehead atoms. The van der Waals surface area contributed by atoms with Crippen molar-refractivity contribution in [2.45, 2.75) is 4.90 Å². The molecule has 1 heterocycles. The van der Waals surface area contributed by atoms with Gasteiger partial charge < -0.3 is 0 Å². The van der Waals surface area contributed by atoms with E-state index in [1.165, 1.54) is 0 Å². The smallest absolute Gasteiger partial charge is 0.262 e. The van der Waals surface area contributed by atoms with Crippen molar-refractivity contribution in [3.8, 4) is 0 Å². The number of halogens is 2. The third kappa shape index (κ3) is 2.57. The van der Waals surface area contributed by atoms with Crippen molar-refractivity contribution in [2.24, 2.45) is 0 Å². The monoisotopic (exact) mass is 325 g/mol. The van der Waals surface area contributed by atoms with Crippen molar-refractivity contribution in [3.05, 3.63) is 53.4 Å². The minimum atomic E-state index is -3.87. The summed E-state index contributed by atoms with van der Waals surface area (Å²) >= 11 is 5.62. The Morgan fingerprint density at radius 3 is 2.81 bits per heavy atom. The Morgan fingerprint density at radius 2 is 2.05 bits per heavy atom. The maximum atomic E-state index is 13.1. The van der Waals surface area contributed by atoms with Gasteiger partial charge in [0, 0.05) is 5.39 Å².